The van der Waals surface area contributed by atoms with Crippen LogP contribution in [0.3, 0.4) is 0 Å². The van der Waals surface area contributed by atoms with Crippen molar-refractivity contribution in [1.29, 1.82) is 0 Å². The molecule has 0 radical (unpaired) electrons. The molecular formula is C10H16BrN3O4S2. The molecule has 0 amide bonds. The third-order valence-corrected chi connectivity index (χ3v) is 6.04. The highest BCUT2D eigenvalue weighted by molar-refractivity contribution is 9.10. The van der Waals surface area contributed by atoms with Crippen LogP contribution in [-0.2, 0) is 20.0 Å². The normalized spacial score (nSPS) is 12.6. The molecule has 0 aliphatic heterocycles. The van der Waals surface area contributed by atoms with Gasteiger partial charge in [0.1, 0.15) is 0 Å². The first-order valence-electron chi connectivity index (χ1n) is 5.55. The molecule has 20 heavy (non-hydrogen) atoms. The van der Waals surface area contributed by atoms with Gasteiger partial charge in [0, 0.05) is 16.7 Å². The van der Waals surface area contributed by atoms with Crippen molar-refractivity contribution in [1.82, 2.24) is 9.44 Å². The van der Waals surface area contributed by atoms with Crippen LogP contribution in [0.25, 0.3) is 0 Å². The van der Waals surface area contributed by atoms with Crippen LogP contribution in [0.5, 0.6) is 0 Å². The summed E-state index contributed by atoms with van der Waals surface area (Å²) in [5.74, 6) is -0.342. The number of nitrogen functional groups attached to an aromatic ring is 1. The molecule has 1 aromatic rings. The summed E-state index contributed by atoms with van der Waals surface area (Å²) in [5, 5.41) is 0. The van der Waals surface area contributed by atoms with Gasteiger partial charge < -0.3 is 5.73 Å². The molecule has 1 rings (SSSR count). The van der Waals surface area contributed by atoms with E-state index in [2.05, 4.69) is 25.4 Å². The van der Waals surface area contributed by atoms with E-state index in [4.69, 9.17) is 5.73 Å². The maximum atomic E-state index is 12.1. The highest BCUT2D eigenvalue weighted by Gasteiger charge is 2.19. The molecule has 0 saturated carbocycles. The molecular weight excluding hydrogens is 370 g/mol. The van der Waals surface area contributed by atoms with Gasteiger partial charge in [0.25, 0.3) is 0 Å². The maximum absolute atomic E-state index is 12.1. The van der Waals surface area contributed by atoms with Crippen LogP contribution in [0.2, 0.25) is 0 Å². The summed E-state index contributed by atoms with van der Waals surface area (Å²) in [6.07, 6.45) is 0. The van der Waals surface area contributed by atoms with Crippen LogP contribution in [0, 0.1) is 6.92 Å². The monoisotopic (exact) mass is 385 g/mol. The number of rotatable bonds is 6. The zero-order valence-corrected chi connectivity index (χ0v) is 14.2. The number of halogens is 1. The average molecular weight is 386 g/mol. The lowest BCUT2D eigenvalue weighted by atomic mass is 10.2. The summed E-state index contributed by atoms with van der Waals surface area (Å²) in [5.41, 5.74) is 6.46. The standard InChI is InChI=1S/C10H16BrN3O4S2/c1-7-9(12)5-8(11)6-10(7)20(17,18)14-3-4-19(15,16)13-2/h5-6,13-14H,3-4,12H2,1-2H3. The zero-order chi connectivity index (χ0) is 15.6. The average Bonchev–Trinajstić information content (AvgIpc) is 2.33. The van der Waals surface area contributed by atoms with Crippen LogP contribution in [0.4, 0.5) is 5.69 Å². The van der Waals surface area contributed by atoms with Gasteiger partial charge in [0.2, 0.25) is 20.0 Å². The Bertz CT molecular complexity index is 701. The van der Waals surface area contributed by atoms with Crippen LogP contribution in [-0.4, -0.2) is 36.2 Å². The topological polar surface area (TPSA) is 118 Å². The van der Waals surface area contributed by atoms with Crippen LogP contribution >= 0.6 is 15.9 Å². The molecule has 7 nitrogen and oxygen atoms in total. The van der Waals surface area contributed by atoms with E-state index >= 15 is 0 Å². The first-order chi connectivity index (χ1) is 9.09. The molecule has 10 heteroatoms. The molecule has 0 atom stereocenters. The maximum Gasteiger partial charge on any atom is 0.240 e. The van der Waals surface area contributed by atoms with E-state index in [0.29, 0.717) is 15.7 Å². The smallest absolute Gasteiger partial charge is 0.240 e. The van der Waals surface area contributed by atoms with E-state index in [1.807, 2.05) is 0 Å². The Balaban J connectivity index is 2.96. The third-order valence-electron chi connectivity index (χ3n) is 2.63. The fourth-order valence-electron chi connectivity index (χ4n) is 1.44. The highest BCUT2D eigenvalue weighted by Crippen LogP contribution is 2.26. The summed E-state index contributed by atoms with van der Waals surface area (Å²) in [4.78, 5) is 0.0197. The van der Waals surface area contributed by atoms with Gasteiger partial charge in [-0.1, -0.05) is 15.9 Å². The summed E-state index contributed by atoms with van der Waals surface area (Å²) >= 11 is 3.17. The minimum absolute atomic E-state index is 0.0197. The molecule has 0 aromatic heterocycles. The summed E-state index contributed by atoms with van der Waals surface area (Å²) < 4.78 is 51.6. The van der Waals surface area contributed by atoms with Crippen molar-refractivity contribution in [2.24, 2.45) is 0 Å². The molecule has 0 unspecified atom stereocenters. The van der Waals surface area contributed by atoms with Gasteiger partial charge >= 0.3 is 0 Å². The van der Waals surface area contributed by atoms with Crippen LogP contribution in [0.1, 0.15) is 5.56 Å². The Morgan fingerprint density at radius 3 is 2.40 bits per heavy atom. The van der Waals surface area contributed by atoms with Gasteiger partial charge in [0.05, 0.1) is 10.6 Å². The van der Waals surface area contributed by atoms with E-state index in [-0.39, 0.29) is 17.2 Å². The third kappa shape index (κ3) is 4.42. The lowest BCUT2D eigenvalue weighted by molar-refractivity contribution is 0.578. The number of hydrogen-bond donors (Lipinski definition) is 3. The first-order valence-corrected chi connectivity index (χ1v) is 9.48. The molecule has 4 N–H and O–H groups in total. The van der Waals surface area contributed by atoms with E-state index < -0.39 is 20.0 Å². The fraction of sp³-hybridized carbons (Fsp3) is 0.400. The van der Waals surface area contributed by atoms with Crippen molar-refractivity contribution >= 4 is 41.7 Å². The van der Waals surface area contributed by atoms with E-state index in [1.165, 1.54) is 13.1 Å². The van der Waals surface area contributed by atoms with Gasteiger partial charge in [-0.2, -0.15) is 0 Å². The predicted octanol–water partition coefficient (Wildman–Crippen LogP) is 0.167. The minimum atomic E-state index is -3.82. The molecule has 114 valence electrons. The first kappa shape index (κ1) is 17.4. The largest absolute Gasteiger partial charge is 0.398 e. The lowest BCUT2D eigenvalue weighted by Crippen LogP contribution is -2.33. The number of anilines is 1. The zero-order valence-electron chi connectivity index (χ0n) is 11.0. The Morgan fingerprint density at radius 1 is 1.25 bits per heavy atom. The lowest BCUT2D eigenvalue weighted by Gasteiger charge is -2.11. The number of benzene rings is 1. The molecule has 0 bridgehead atoms. The summed E-state index contributed by atoms with van der Waals surface area (Å²) in [6.45, 7) is 1.36. The second-order valence-electron chi connectivity index (χ2n) is 4.04. The molecule has 0 fully saturated rings. The number of nitrogens with one attached hydrogen (secondary N) is 2. The van der Waals surface area contributed by atoms with Crippen molar-refractivity contribution in [3.63, 3.8) is 0 Å². The van der Waals surface area contributed by atoms with Crippen molar-refractivity contribution in [3.8, 4) is 0 Å². The molecule has 0 spiro atoms. The SMILES string of the molecule is CNS(=O)(=O)CCNS(=O)(=O)c1cc(Br)cc(N)c1C. The molecule has 1 aromatic carbocycles. The number of sulfonamides is 2. The van der Waals surface area contributed by atoms with Crippen molar-refractivity contribution in [3.05, 3.63) is 22.2 Å². The second kappa shape index (κ2) is 6.39. The Hall–Kier alpha value is -0.680. The van der Waals surface area contributed by atoms with E-state index in [9.17, 15) is 16.8 Å². The van der Waals surface area contributed by atoms with Gasteiger partial charge in [-0.15, -0.1) is 0 Å². The molecule has 0 heterocycles. The van der Waals surface area contributed by atoms with Crippen LogP contribution < -0.4 is 15.2 Å². The predicted molar refractivity (Wildman–Crippen MR) is 81.3 cm³/mol. The molecule has 0 aliphatic carbocycles. The Labute approximate surface area is 127 Å². The number of hydrogen-bond acceptors (Lipinski definition) is 5. The second-order valence-corrected chi connectivity index (χ2v) is 8.74. The Kier molecular flexibility index (Phi) is 5.55. The van der Waals surface area contributed by atoms with E-state index in [1.54, 1.807) is 13.0 Å². The van der Waals surface area contributed by atoms with Crippen molar-refractivity contribution in [2.45, 2.75) is 11.8 Å². The van der Waals surface area contributed by atoms with Crippen molar-refractivity contribution < 1.29 is 16.8 Å². The summed E-state index contributed by atoms with van der Waals surface area (Å²) in [7, 11) is -6.01. The van der Waals surface area contributed by atoms with Gasteiger partial charge in [0.15, 0.2) is 0 Å². The van der Waals surface area contributed by atoms with Gasteiger partial charge in [-0.3, -0.25) is 0 Å². The molecule has 0 aliphatic rings. The molecule has 0 saturated heterocycles. The Morgan fingerprint density at radius 2 is 1.85 bits per heavy atom. The highest BCUT2D eigenvalue weighted by atomic mass is 79.9. The minimum Gasteiger partial charge on any atom is -0.398 e. The summed E-state index contributed by atoms with van der Waals surface area (Å²) in [6, 6.07) is 3.01. The van der Waals surface area contributed by atoms with Gasteiger partial charge in [-0.25, -0.2) is 26.3 Å². The van der Waals surface area contributed by atoms with Crippen LogP contribution in [0.15, 0.2) is 21.5 Å². The number of nitrogens with two attached hydrogens (primary N) is 1. The van der Waals surface area contributed by atoms with Crippen molar-refractivity contribution in [2.75, 3.05) is 25.1 Å². The quantitative estimate of drug-likeness (QED) is 0.603. The van der Waals surface area contributed by atoms with E-state index in [0.717, 1.165) is 0 Å². The fourth-order valence-corrected chi connectivity index (χ4v) is 4.10. The van der Waals surface area contributed by atoms with Gasteiger partial charge in [-0.05, 0) is 31.7 Å².